The minimum absolute atomic E-state index is 0.00312. The summed E-state index contributed by atoms with van der Waals surface area (Å²) >= 11 is 0. The SMILES string of the molecule is CCC(CC(=O)O)NC(=O)C1CCCC1CNC(=O)OCC1c2ccccc2-c2ccccc21. The van der Waals surface area contributed by atoms with Crippen molar-refractivity contribution in [2.75, 3.05) is 13.2 Å². The monoisotopic (exact) mass is 464 g/mol. The van der Waals surface area contributed by atoms with E-state index in [1.54, 1.807) is 0 Å². The zero-order valence-corrected chi connectivity index (χ0v) is 19.5. The third kappa shape index (κ3) is 5.24. The van der Waals surface area contributed by atoms with Gasteiger partial charge in [-0.1, -0.05) is 61.9 Å². The minimum Gasteiger partial charge on any atom is -0.481 e. The average molecular weight is 465 g/mol. The number of rotatable bonds is 9. The van der Waals surface area contributed by atoms with E-state index in [1.165, 1.54) is 11.1 Å². The molecule has 3 atom stereocenters. The second-order valence-electron chi connectivity index (χ2n) is 9.22. The summed E-state index contributed by atoms with van der Waals surface area (Å²) < 4.78 is 5.61. The Kier molecular flexibility index (Phi) is 7.50. The van der Waals surface area contributed by atoms with Gasteiger partial charge in [-0.3, -0.25) is 9.59 Å². The van der Waals surface area contributed by atoms with E-state index in [0.29, 0.717) is 13.0 Å². The molecule has 0 saturated heterocycles. The van der Waals surface area contributed by atoms with Crippen LogP contribution in [0.4, 0.5) is 4.79 Å². The maximum absolute atomic E-state index is 12.7. The topological polar surface area (TPSA) is 105 Å². The molecule has 34 heavy (non-hydrogen) atoms. The molecule has 2 aromatic carbocycles. The molecule has 7 nitrogen and oxygen atoms in total. The lowest BCUT2D eigenvalue weighted by Crippen LogP contribution is -2.43. The van der Waals surface area contributed by atoms with E-state index in [4.69, 9.17) is 9.84 Å². The summed E-state index contributed by atoms with van der Waals surface area (Å²) in [4.78, 5) is 36.2. The van der Waals surface area contributed by atoms with Crippen molar-refractivity contribution in [2.24, 2.45) is 11.8 Å². The van der Waals surface area contributed by atoms with Crippen molar-refractivity contribution in [2.45, 2.75) is 51.0 Å². The zero-order chi connectivity index (χ0) is 24.1. The number of carboxylic acids is 1. The molecule has 0 bridgehead atoms. The molecule has 2 aliphatic rings. The number of fused-ring (bicyclic) bond motifs is 3. The smallest absolute Gasteiger partial charge is 0.407 e. The van der Waals surface area contributed by atoms with E-state index in [1.807, 2.05) is 31.2 Å². The van der Waals surface area contributed by atoms with Crippen molar-refractivity contribution in [3.8, 4) is 11.1 Å². The molecular weight excluding hydrogens is 432 g/mol. The molecule has 180 valence electrons. The molecule has 1 saturated carbocycles. The molecule has 0 radical (unpaired) electrons. The highest BCUT2D eigenvalue weighted by Gasteiger charge is 2.34. The number of carboxylic acid groups (broad SMARTS) is 1. The molecular formula is C27H32N2O5. The molecule has 0 spiro atoms. The number of carbonyl (C=O) groups is 3. The van der Waals surface area contributed by atoms with E-state index in [0.717, 1.165) is 30.4 Å². The molecule has 3 N–H and O–H groups in total. The fourth-order valence-corrected chi connectivity index (χ4v) is 5.31. The van der Waals surface area contributed by atoms with Crippen LogP contribution in [0.1, 0.15) is 56.1 Å². The molecule has 1 fully saturated rings. The van der Waals surface area contributed by atoms with Crippen LogP contribution in [-0.4, -0.2) is 42.3 Å². The third-order valence-corrected chi connectivity index (χ3v) is 7.11. The summed E-state index contributed by atoms with van der Waals surface area (Å²) in [6.07, 6.45) is 2.49. The highest BCUT2D eigenvalue weighted by Crippen LogP contribution is 2.44. The van der Waals surface area contributed by atoms with E-state index in [2.05, 4.69) is 34.9 Å². The molecule has 0 aromatic heterocycles. The van der Waals surface area contributed by atoms with Crippen molar-refractivity contribution < 1.29 is 24.2 Å². The number of amides is 2. The van der Waals surface area contributed by atoms with E-state index in [-0.39, 0.29) is 42.7 Å². The number of ether oxygens (including phenoxy) is 1. The zero-order valence-electron chi connectivity index (χ0n) is 19.5. The summed E-state index contributed by atoms with van der Waals surface area (Å²) in [7, 11) is 0. The minimum atomic E-state index is -0.924. The summed E-state index contributed by atoms with van der Waals surface area (Å²) in [5.74, 6) is -1.25. The normalized spacial score (nSPS) is 19.7. The lowest BCUT2D eigenvalue weighted by atomic mass is 9.94. The highest BCUT2D eigenvalue weighted by molar-refractivity contribution is 5.81. The first-order valence-electron chi connectivity index (χ1n) is 12.1. The maximum Gasteiger partial charge on any atom is 0.407 e. The Balaban J connectivity index is 1.29. The van der Waals surface area contributed by atoms with Crippen molar-refractivity contribution in [1.29, 1.82) is 0 Å². The molecule has 3 unspecified atom stereocenters. The van der Waals surface area contributed by atoms with Gasteiger partial charge in [-0.2, -0.15) is 0 Å². The van der Waals surface area contributed by atoms with Crippen LogP contribution >= 0.6 is 0 Å². The highest BCUT2D eigenvalue weighted by atomic mass is 16.5. The van der Waals surface area contributed by atoms with E-state index in [9.17, 15) is 14.4 Å². The summed E-state index contributed by atoms with van der Waals surface area (Å²) in [6.45, 7) is 2.48. The van der Waals surface area contributed by atoms with Gasteiger partial charge in [0.25, 0.3) is 0 Å². The lowest BCUT2D eigenvalue weighted by Gasteiger charge is -2.23. The third-order valence-electron chi connectivity index (χ3n) is 7.11. The number of aliphatic carboxylic acids is 1. The Hall–Kier alpha value is -3.35. The number of benzene rings is 2. The molecule has 0 aliphatic heterocycles. The van der Waals surface area contributed by atoms with Crippen LogP contribution in [0.2, 0.25) is 0 Å². The van der Waals surface area contributed by atoms with Gasteiger partial charge >= 0.3 is 12.1 Å². The van der Waals surface area contributed by atoms with Crippen LogP contribution in [0.5, 0.6) is 0 Å². The largest absolute Gasteiger partial charge is 0.481 e. The van der Waals surface area contributed by atoms with Gasteiger partial charge in [0.05, 0.1) is 6.42 Å². The van der Waals surface area contributed by atoms with Crippen LogP contribution in [-0.2, 0) is 14.3 Å². The fraction of sp³-hybridized carbons (Fsp3) is 0.444. The Morgan fingerprint density at radius 2 is 1.68 bits per heavy atom. The van der Waals surface area contributed by atoms with Crippen molar-refractivity contribution >= 4 is 18.0 Å². The number of alkyl carbamates (subject to hydrolysis) is 1. The van der Waals surface area contributed by atoms with E-state index >= 15 is 0 Å². The van der Waals surface area contributed by atoms with E-state index < -0.39 is 12.1 Å². The first kappa shape index (κ1) is 23.8. The van der Waals surface area contributed by atoms with Gasteiger partial charge in [0.2, 0.25) is 5.91 Å². The summed E-state index contributed by atoms with van der Waals surface area (Å²) in [6, 6.07) is 16.0. The van der Waals surface area contributed by atoms with Crippen LogP contribution in [0.25, 0.3) is 11.1 Å². The first-order valence-corrected chi connectivity index (χ1v) is 12.1. The molecule has 4 rings (SSSR count). The number of hydrogen-bond donors (Lipinski definition) is 3. The van der Waals surface area contributed by atoms with Gasteiger partial charge < -0.3 is 20.5 Å². The fourth-order valence-electron chi connectivity index (χ4n) is 5.31. The van der Waals surface area contributed by atoms with Gasteiger partial charge in [0.1, 0.15) is 6.61 Å². The van der Waals surface area contributed by atoms with Crippen molar-refractivity contribution in [3.63, 3.8) is 0 Å². The number of nitrogens with one attached hydrogen (secondary N) is 2. The Labute approximate surface area is 199 Å². The predicted molar refractivity (Wildman–Crippen MR) is 128 cm³/mol. The number of carbonyl (C=O) groups excluding carboxylic acids is 2. The van der Waals surface area contributed by atoms with Crippen molar-refractivity contribution in [1.82, 2.24) is 10.6 Å². The lowest BCUT2D eigenvalue weighted by molar-refractivity contribution is -0.138. The Morgan fingerprint density at radius 3 is 2.29 bits per heavy atom. The number of hydrogen-bond acceptors (Lipinski definition) is 4. The maximum atomic E-state index is 12.7. The summed E-state index contributed by atoms with van der Waals surface area (Å²) in [5.41, 5.74) is 4.69. The van der Waals surface area contributed by atoms with Gasteiger partial charge in [0, 0.05) is 24.4 Å². The van der Waals surface area contributed by atoms with Crippen LogP contribution in [0.3, 0.4) is 0 Å². The Bertz CT molecular complexity index is 1010. The second-order valence-corrected chi connectivity index (χ2v) is 9.22. The Morgan fingerprint density at radius 1 is 1.03 bits per heavy atom. The van der Waals surface area contributed by atoms with Gasteiger partial charge in [-0.15, -0.1) is 0 Å². The van der Waals surface area contributed by atoms with Gasteiger partial charge in [-0.25, -0.2) is 4.79 Å². The molecule has 2 aromatic rings. The predicted octanol–water partition coefficient (Wildman–Crippen LogP) is 4.31. The molecule has 7 heteroatoms. The van der Waals surface area contributed by atoms with Crippen LogP contribution < -0.4 is 10.6 Å². The summed E-state index contributed by atoms with van der Waals surface area (Å²) in [5, 5.41) is 14.7. The molecule has 2 aliphatic carbocycles. The quantitative estimate of drug-likeness (QED) is 0.513. The average Bonchev–Trinajstić information content (AvgIpc) is 3.43. The van der Waals surface area contributed by atoms with Crippen molar-refractivity contribution in [3.05, 3.63) is 59.7 Å². The van der Waals surface area contributed by atoms with Crippen LogP contribution in [0.15, 0.2) is 48.5 Å². The van der Waals surface area contributed by atoms with Gasteiger partial charge in [0.15, 0.2) is 0 Å². The van der Waals surface area contributed by atoms with Crippen LogP contribution in [0, 0.1) is 11.8 Å². The van der Waals surface area contributed by atoms with Gasteiger partial charge in [-0.05, 0) is 47.4 Å². The molecule has 0 heterocycles. The standard InChI is InChI=1S/C27H32N2O5/c1-2-18(14-25(30)31)29-26(32)19-13-7-8-17(19)15-28-27(33)34-16-24-22-11-5-3-9-20(22)21-10-4-6-12-23(21)24/h3-6,9-12,17-19,24H,2,7-8,13-16H2,1H3,(H,28,33)(H,29,32)(H,30,31). The first-order chi connectivity index (χ1) is 16.5. The molecule has 2 amide bonds. The second kappa shape index (κ2) is 10.7.